The molecule has 4 rings (SSSR count). The number of nitrogens with zero attached hydrogens (tertiary/aromatic N) is 3. The number of carbonyl (C=O) groups excluding carboxylic acids is 1. The monoisotopic (exact) mass is 447 g/mol. The standard InChI is InChI=1S/C24H21N3O6/c1-32-22-12-16(6-7-21(22)33-14-23(29)30)18-13-19(17-4-2-3-5-20(17)28)27(26-18)24(31)15-8-10-25-11-9-15/h2-12,19,28H,13-14H2,1H3,(H,29,30). The van der Waals surface area contributed by atoms with Gasteiger partial charge in [-0.2, -0.15) is 5.10 Å². The zero-order chi connectivity index (χ0) is 23.4. The summed E-state index contributed by atoms with van der Waals surface area (Å²) < 4.78 is 10.6. The highest BCUT2D eigenvalue weighted by molar-refractivity contribution is 6.05. The lowest BCUT2D eigenvalue weighted by molar-refractivity contribution is -0.139. The van der Waals surface area contributed by atoms with Crippen LogP contribution in [0.1, 0.15) is 33.9 Å². The number of rotatable bonds is 7. The summed E-state index contributed by atoms with van der Waals surface area (Å²) in [5.74, 6) is -0.730. The molecule has 1 atom stereocenters. The Kier molecular flexibility index (Phi) is 6.21. The second-order valence-corrected chi connectivity index (χ2v) is 7.26. The van der Waals surface area contributed by atoms with Gasteiger partial charge in [-0.05, 0) is 36.4 Å². The van der Waals surface area contributed by atoms with Crippen LogP contribution in [0.15, 0.2) is 72.1 Å². The number of amides is 1. The van der Waals surface area contributed by atoms with Gasteiger partial charge in [-0.3, -0.25) is 9.78 Å². The summed E-state index contributed by atoms with van der Waals surface area (Å²) in [6.07, 6.45) is 3.42. The van der Waals surface area contributed by atoms with Crippen molar-refractivity contribution in [2.24, 2.45) is 5.10 Å². The van der Waals surface area contributed by atoms with Crippen LogP contribution in [0.5, 0.6) is 17.2 Å². The molecule has 9 heteroatoms. The first kappa shape index (κ1) is 21.8. The fourth-order valence-electron chi connectivity index (χ4n) is 3.62. The van der Waals surface area contributed by atoms with Gasteiger partial charge in [-0.15, -0.1) is 0 Å². The SMILES string of the molecule is COc1cc(C2=NN(C(=O)c3ccncc3)C(c3ccccc3O)C2)ccc1OCC(=O)O. The number of phenols is 1. The van der Waals surface area contributed by atoms with Crippen molar-refractivity contribution >= 4 is 17.6 Å². The van der Waals surface area contributed by atoms with Crippen LogP contribution in [-0.2, 0) is 4.79 Å². The number of hydrogen-bond donors (Lipinski definition) is 2. The predicted octanol–water partition coefficient (Wildman–Crippen LogP) is 3.25. The Morgan fingerprint density at radius 3 is 2.55 bits per heavy atom. The lowest BCUT2D eigenvalue weighted by Crippen LogP contribution is -2.27. The van der Waals surface area contributed by atoms with Crippen LogP contribution in [0, 0.1) is 0 Å². The molecule has 0 saturated heterocycles. The van der Waals surface area contributed by atoms with Crippen LogP contribution in [0.2, 0.25) is 0 Å². The highest BCUT2D eigenvalue weighted by atomic mass is 16.5. The molecule has 0 fully saturated rings. The Morgan fingerprint density at radius 1 is 1.09 bits per heavy atom. The molecule has 1 aliphatic rings. The zero-order valence-corrected chi connectivity index (χ0v) is 17.7. The molecule has 0 saturated carbocycles. The molecule has 0 spiro atoms. The van der Waals surface area contributed by atoms with E-state index in [0.717, 1.165) is 0 Å². The van der Waals surface area contributed by atoms with Crippen molar-refractivity contribution in [3.8, 4) is 17.2 Å². The third-order valence-electron chi connectivity index (χ3n) is 5.19. The van der Waals surface area contributed by atoms with Crippen LogP contribution >= 0.6 is 0 Å². The molecular weight excluding hydrogens is 426 g/mol. The minimum absolute atomic E-state index is 0.0708. The summed E-state index contributed by atoms with van der Waals surface area (Å²) in [7, 11) is 1.45. The number of aromatic hydroxyl groups is 1. The highest BCUT2D eigenvalue weighted by Crippen LogP contribution is 2.39. The molecule has 2 heterocycles. The molecule has 3 aromatic rings. The number of aromatic nitrogens is 1. The molecule has 1 aromatic heterocycles. The van der Waals surface area contributed by atoms with Crippen molar-refractivity contribution in [1.82, 2.24) is 9.99 Å². The number of carboxylic acid groups (broad SMARTS) is 1. The summed E-state index contributed by atoms with van der Waals surface area (Å²) in [6, 6.07) is 14.5. The number of aliphatic carboxylic acids is 1. The van der Waals surface area contributed by atoms with Crippen molar-refractivity contribution in [3.05, 3.63) is 83.7 Å². The van der Waals surface area contributed by atoms with Gasteiger partial charge in [0.2, 0.25) is 0 Å². The molecule has 0 aliphatic carbocycles. The van der Waals surface area contributed by atoms with Gasteiger partial charge in [0, 0.05) is 35.5 Å². The average molecular weight is 447 g/mol. The van der Waals surface area contributed by atoms with Crippen molar-refractivity contribution in [2.45, 2.75) is 12.5 Å². The summed E-state index contributed by atoms with van der Waals surface area (Å²) in [6.45, 7) is -0.500. The van der Waals surface area contributed by atoms with Gasteiger partial charge in [0.25, 0.3) is 5.91 Å². The van der Waals surface area contributed by atoms with E-state index in [1.807, 2.05) is 0 Å². The van der Waals surface area contributed by atoms with Crippen LogP contribution in [-0.4, -0.2) is 51.5 Å². The quantitative estimate of drug-likeness (QED) is 0.570. The van der Waals surface area contributed by atoms with Crippen molar-refractivity contribution in [3.63, 3.8) is 0 Å². The normalized spacial score (nSPS) is 15.1. The Labute approximate surface area is 189 Å². The zero-order valence-electron chi connectivity index (χ0n) is 17.7. The lowest BCUT2D eigenvalue weighted by atomic mass is 9.97. The maximum atomic E-state index is 13.3. The van der Waals surface area contributed by atoms with Crippen molar-refractivity contribution < 1.29 is 29.3 Å². The molecule has 1 aliphatic heterocycles. The van der Waals surface area contributed by atoms with E-state index in [0.29, 0.717) is 34.6 Å². The smallest absolute Gasteiger partial charge is 0.341 e. The molecule has 9 nitrogen and oxygen atoms in total. The lowest BCUT2D eigenvalue weighted by Gasteiger charge is -2.22. The van der Waals surface area contributed by atoms with E-state index in [9.17, 15) is 14.7 Å². The second kappa shape index (κ2) is 9.39. The first-order valence-electron chi connectivity index (χ1n) is 10.1. The number of ether oxygens (including phenoxy) is 2. The van der Waals surface area contributed by atoms with Crippen LogP contribution in [0.4, 0.5) is 0 Å². The summed E-state index contributed by atoms with van der Waals surface area (Å²) in [4.78, 5) is 28.0. The number of methoxy groups -OCH3 is 1. The van der Waals surface area contributed by atoms with Crippen LogP contribution < -0.4 is 9.47 Å². The Balaban J connectivity index is 1.71. The van der Waals surface area contributed by atoms with E-state index in [1.165, 1.54) is 24.5 Å². The van der Waals surface area contributed by atoms with Gasteiger partial charge in [0.05, 0.1) is 18.9 Å². The molecule has 0 radical (unpaired) electrons. The highest BCUT2D eigenvalue weighted by Gasteiger charge is 2.35. The van der Waals surface area contributed by atoms with Gasteiger partial charge in [0.1, 0.15) is 5.75 Å². The molecule has 0 bridgehead atoms. The van der Waals surface area contributed by atoms with E-state index in [2.05, 4.69) is 10.1 Å². The average Bonchev–Trinajstić information content (AvgIpc) is 3.28. The summed E-state index contributed by atoms with van der Waals surface area (Å²) in [5.41, 5.74) is 2.28. The summed E-state index contributed by atoms with van der Waals surface area (Å²) in [5, 5.41) is 25.2. The molecule has 1 amide bonds. The first-order valence-corrected chi connectivity index (χ1v) is 10.1. The van der Waals surface area contributed by atoms with Crippen molar-refractivity contribution in [2.75, 3.05) is 13.7 Å². The topological polar surface area (TPSA) is 122 Å². The Morgan fingerprint density at radius 2 is 1.85 bits per heavy atom. The second-order valence-electron chi connectivity index (χ2n) is 7.26. The van der Waals surface area contributed by atoms with Crippen LogP contribution in [0.3, 0.4) is 0 Å². The van der Waals surface area contributed by atoms with E-state index < -0.39 is 18.6 Å². The molecule has 2 N–H and O–H groups in total. The number of pyridine rings is 1. The molecular formula is C24H21N3O6. The van der Waals surface area contributed by atoms with E-state index in [4.69, 9.17) is 14.6 Å². The minimum atomic E-state index is -1.10. The van der Waals surface area contributed by atoms with Crippen molar-refractivity contribution in [1.29, 1.82) is 0 Å². The third kappa shape index (κ3) is 4.62. The van der Waals surface area contributed by atoms with Gasteiger partial charge in [-0.25, -0.2) is 9.80 Å². The molecule has 33 heavy (non-hydrogen) atoms. The number of hydrogen-bond acceptors (Lipinski definition) is 7. The number of phenolic OH excluding ortho intramolecular Hbond substituents is 1. The molecule has 1 unspecified atom stereocenters. The molecule has 2 aromatic carbocycles. The number of carboxylic acids is 1. The number of hydrazone groups is 1. The predicted molar refractivity (Wildman–Crippen MR) is 119 cm³/mol. The van der Waals surface area contributed by atoms with E-state index in [1.54, 1.807) is 54.6 Å². The maximum absolute atomic E-state index is 13.3. The fraction of sp³-hybridized carbons (Fsp3) is 0.167. The van der Waals surface area contributed by atoms with E-state index in [-0.39, 0.29) is 17.4 Å². The van der Waals surface area contributed by atoms with Crippen LogP contribution in [0.25, 0.3) is 0 Å². The summed E-state index contributed by atoms with van der Waals surface area (Å²) >= 11 is 0. The van der Waals surface area contributed by atoms with Gasteiger partial charge in [-0.1, -0.05) is 18.2 Å². The molecule has 168 valence electrons. The minimum Gasteiger partial charge on any atom is -0.508 e. The van der Waals surface area contributed by atoms with Gasteiger partial charge in [0.15, 0.2) is 18.1 Å². The number of carbonyl (C=O) groups is 2. The number of para-hydroxylation sites is 1. The maximum Gasteiger partial charge on any atom is 0.341 e. The number of benzene rings is 2. The first-order chi connectivity index (χ1) is 16.0. The largest absolute Gasteiger partial charge is 0.508 e. The van der Waals surface area contributed by atoms with Gasteiger partial charge < -0.3 is 19.7 Å². The van der Waals surface area contributed by atoms with E-state index >= 15 is 0 Å². The third-order valence-corrected chi connectivity index (χ3v) is 5.19. The Hall–Kier alpha value is -4.40. The fourth-order valence-corrected chi connectivity index (χ4v) is 3.62. The van der Waals surface area contributed by atoms with Gasteiger partial charge >= 0.3 is 5.97 Å². The Bertz CT molecular complexity index is 1210.